The average molecular weight is 513 g/mol. The molecule has 0 radical (unpaired) electrons. The molecule has 0 aliphatic carbocycles. The molecule has 0 atom stereocenters. The lowest BCUT2D eigenvalue weighted by molar-refractivity contribution is 0.0992. The number of aromatic nitrogens is 2. The first-order valence-corrected chi connectivity index (χ1v) is 10.9. The maximum Gasteiger partial charge on any atom is 0.292 e. The first-order valence-electron chi connectivity index (χ1n) is 10.9. The fourth-order valence-corrected chi connectivity index (χ4v) is 3.69. The van der Waals surface area contributed by atoms with Crippen molar-refractivity contribution >= 4 is 22.5 Å². The number of rotatable bonds is 7. The van der Waals surface area contributed by atoms with Gasteiger partial charge in [0.1, 0.15) is 18.1 Å². The van der Waals surface area contributed by atoms with Gasteiger partial charge >= 0.3 is 0 Å². The number of carbonyl (C=O) groups is 1. The van der Waals surface area contributed by atoms with Gasteiger partial charge in [0, 0.05) is 17.6 Å². The number of amides is 1. The van der Waals surface area contributed by atoms with Crippen molar-refractivity contribution in [2.45, 2.75) is 13.2 Å². The van der Waals surface area contributed by atoms with Crippen molar-refractivity contribution in [3.63, 3.8) is 0 Å². The Kier molecular flexibility index (Phi) is 6.34. The monoisotopic (exact) mass is 513 g/mol. The Morgan fingerprint density at radius 2 is 1.57 bits per heavy atom. The first-order chi connectivity index (χ1) is 17.8. The van der Waals surface area contributed by atoms with Gasteiger partial charge < -0.3 is 14.5 Å². The predicted molar refractivity (Wildman–Crippen MR) is 123 cm³/mol. The number of hydrogen-bond acceptors (Lipinski definition) is 4. The summed E-state index contributed by atoms with van der Waals surface area (Å²) in [6.45, 7) is -0.685. The van der Waals surface area contributed by atoms with Gasteiger partial charge in [0.15, 0.2) is 34.8 Å². The van der Waals surface area contributed by atoms with E-state index in [1.165, 1.54) is 18.3 Å². The van der Waals surface area contributed by atoms with Crippen molar-refractivity contribution in [1.29, 1.82) is 0 Å². The van der Waals surface area contributed by atoms with Crippen molar-refractivity contribution < 1.29 is 35.9 Å². The molecule has 1 N–H and O–H groups in total. The molecule has 1 amide bonds. The second-order valence-corrected chi connectivity index (χ2v) is 7.93. The van der Waals surface area contributed by atoms with Gasteiger partial charge in [-0.25, -0.2) is 22.0 Å². The quantitative estimate of drug-likeness (QED) is 0.160. The number of carbonyl (C=O) groups excluding carboxylic acids is 1. The third kappa shape index (κ3) is 4.75. The Labute approximate surface area is 205 Å². The number of anilines is 1. The molecular formula is C26H16F5N3O3. The molecule has 2 aromatic heterocycles. The normalized spacial score (nSPS) is 11.2. The highest BCUT2D eigenvalue weighted by Gasteiger charge is 2.26. The van der Waals surface area contributed by atoms with Crippen molar-refractivity contribution in [2.75, 3.05) is 5.32 Å². The standard InChI is InChI=1S/C26H16F5N3O3/c27-21-17(22(28)24(30)25(31)23(21)29)12-34-11-10-20(33-34)32-26(35)19-9-8-15(37-19)13-36-18-7-3-5-14-4-1-2-6-16(14)18/h1-11H,12-13H2,(H,32,33,35). The van der Waals surface area contributed by atoms with Gasteiger partial charge in [0.25, 0.3) is 5.91 Å². The highest BCUT2D eigenvalue weighted by atomic mass is 19.2. The topological polar surface area (TPSA) is 69.3 Å². The highest BCUT2D eigenvalue weighted by molar-refractivity contribution is 6.01. The summed E-state index contributed by atoms with van der Waals surface area (Å²) < 4.78 is 80.2. The number of nitrogens with zero attached hydrogens (tertiary/aromatic N) is 2. The summed E-state index contributed by atoms with van der Waals surface area (Å²) in [7, 11) is 0. The van der Waals surface area contributed by atoms with Crippen LogP contribution in [-0.2, 0) is 13.2 Å². The smallest absolute Gasteiger partial charge is 0.292 e. The van der Waals surface area contributed by atoms with Crippen molar-refractivity contribution in [3.8, 4) is 5.75 Å². The number of fused-ring (bicyclic) bond motifs is 1. The van der Waals surface area contributed by atoms with E-state index in [2.05, 4.69) is 10.4 Å². The van der Waals surface area contributed by atoms with Crippen LogP contribution < -0.4 is 10.1 Å². The number of furan rings is 1. The Morgan fingerprint density at radius 3 is 2.35 bits per heavy atom. The summed E-state index contributed by atoms with van der Waals surface area (Å²) >= 11 is 0. The highest BCUT2D eigenvalue weighted by Crippen LogP contribution is 2.27. The summed E-state index contributed by atoms with van der Waals surface area (Å²) in [4.78, 5) is 12.5. The van der Waals surface area contributed by atoms with Crippen LogP contribution in [0.5, 0.6) is 5.75 Å². The molecule has 188 valence electrons. The molecule has 0 aliphatic heterocycles. The second kappa shape index (κ2) is 9.76. The third-order valence-corrected chi connectivity index (χ3v) is 5.51. The van der Waals surface area contributed by atoms with E-state index >= 15 is 0 Å². The van der Waals surface area contributed by atoms with Crippen LogP contribution in [0.1, 0.15) is 21.9 Å². The van der Waals surface area contributed by atoms with Crippen LogP contribution in [0.2, 0.25) is 0 Å². The van der Waals surface area contributed by atoms with Gasteiger partial charge in [0.05, 0.1) is 12.1 Å². The van der Waals surface area contributed by atoms with Crippen molar-refractivity contribution in [3.05, 3.63) is 113 Å². The van der Waals surface area contributed by atoms with E-state index in [9.17, 15) is 26.7 Å². The lowest BCUT2D eigenvalue weighted by Gasteiger charge is -2.08. The zero-order valence-corrected chi connectivity index (χ0v) is 18.8. The van der Waals surface area contributed by atoms with E-state index in [0.717, 1.165) is 15.5 Å². The summed E-state index contributed by atoms with van der Waals surface area (Å²) in [5.41, 5.74) is -1.06. The van der Waals surface area contributed by atoms with Crippen LogP contribution in [0.4, 0.5) is 27.8 Å². The van der Waals surface area contributed by atoms with Gasteiger partial charge in [-0.1, -0.05) is 36.4 Å². The van der Waals surface area contributed by atoms with Crippen LogP contribution in [0, 0.1) is 29.1 Å². The van der Waals surface area contributed by atoms with Gasteiger partial charge in [-0.15, -0.1) is 0 Å². The maximum absolute atomic E-state index is 13.9. The van der Waals surface area contributed by atoms with Gasteiger partial charge in [0.2, 0.25) is 5.82 Å². The number of halogens is 5. The molecule has 0 aliphatic rings. The van der Waals surface area contributed by atoms with E-state index < -0.39 is 47.1 Å². The molecule has 0 bridgehead atoms. The zero-order chi connectivity index (χ0) is 26.1. The summed E-state index contributed by atoms with van der Waals surface area (Å²) in [5, 5.41) is 8.27. The van der Waals surface area contributed by atoms with E-state index in [-0.39, 0.29) is 18.2 Å². The molecule has 0 fully saturated rings. The van der Waals surface area contributed by atoms with E-state index in [1.54, 1.807) is 6.07 Å². The van der Waals surface area contributed by atoms with E-state index in [0.29, 0.717) is 11.5 Å². The maximum atomic E-state index is 13.9. The van der Waals surface area contributed by atoms with Crippen LogP contribution in [0.15, 0.2) is 71.3 Å². The van der Waals surface area contributed by atoms with E-state index in [1.807, 2.05) is 42.5 Å². The van der Waals surface area contributed by atoms with Crippen LogP contribution in [-0.4, -0.2) is 15.7 Å². The van der Waals surface area contributed by atoms with Crippen molar-refractivity contribution in [2.24, 2.45) is 0 Å². The molecule has 0 spiro atoms. The molecule has 6 nitrogen and oxygen atoms in total. The Balaban J connectivity index is 1.23. The van der Waals surface area contributed by atoms with Crippen LogP contribution in [0.3, 0.4) is 0 Å². The van der Waals surface area contributed by atoms with Gasteiger partial charge in [-0.05, 0) is 23.6 Å². The van der Waals surface area contributed by atoms with Crippen molar-refractivity contribution in [1.82, 2.24) is 9.78 Å². The fourth-order valence-electron chi connectivity index (χ4n) is 3.69. The molecule has 0 unspecified atom stereocenters. The molecule has 2 heterocycles. The Morgan fingerprint density at radius 1 is 0.865 bits per heavy atom. The summed E-state index contributed by atoms with van der Waals surface area (Å²) in [6.07, 6.45) is 1.21. The predicted octanol–water partition coefficient (Wildman–Crippen LogP) is 6.20. The Bertz CT molecular complexity index is 1600. The van der Waals surface area contributed by atoms with Gasteiger partial charge in [-0.2, -0.15) is 5.10 Å². The molecule has 0 saturated heterocycles. The van der Waals surface area contributed by atoms with E-state index in [4.69, 9.17) is 9.15 Å². The molecule has 5 aromatic rings. The van der Waals surface area contributed by atoms with Crippen LogP contribution in [0.25, 0.3) is 10.8 Å². The number of ether oxygens (including phenoxy) is 1. The largest absolute Gasteiger partial charge is 0.485 e. The van der Waals surface area contributed by atoms with Gasteiger partial charge in [-0.3, -0.25) is 9.48 Å². The zero-order valence-electron chi connectivity index (χ0n) is 18.8. The molecular weight excluding hydrogens is 497 g/mol. The van der Waals surface area contributed by atoms with Crippen LogP contribution >= 0.6 is 0 Å². The lowest BCUT2D eigenvalue weighted by Crippen LogP contribution is -2.13. The minimum Gasteiger partial charge on any atom is -0.485 e. The molecule has 11 heteroatoms. The Hall–Kier alpha value is -4.67. The molecule has 0 saturated carbocycles. The minimum absolute atomic E-state index is 0.0289. The fraction of sp³-hybridized carbons (Fsp3) is 0.0769. The molecule has 37 heavy (non-hydrogen) atoms. The lowest BCUT2D eigenvalue weighted by atomic mass is 10.1. The minimum atomic E-state index is -2.24. The molecule has 3 aromatic carbocycles. The second-order valence-electron chi connectivity index (χ2n) is 7.93. The summed E-state index contributed by atoms with van der Waals surface area (Å²) in [5.74, 6) is -9.96. The number of benzene rings is 3. The number of hydrogen-bond donors (Lipinski definition) is 1. The SMILES string of the molecule is O=C(Nc1ccn(Cc2c(F)c(F)c(F)c(F)c2F)n1)c1ccc(COc2cccc3ccccc23)o1. The summed E-state index contributed by atoms with van der Waals surface area (Å²) in [6, 6.07) is 17.6. The molecule has 5 rings (SSSR count). The first kappa shape index (κ1) is 24.0. The average Bonchev–Trinajstić information content (AvgIpc) is 3.57. The number of nitrogens with one attached hydrogen (secondary N) is 1. The third-order valence-electron chi connectivity index (χ3n) is 5.51.